The summed E-state index contributed by atoms with van der Waals surface area (Å²) in [4.78, 5) is 17.5. The van der Waals surface area contributed by atoms with Crippen LogP contribution in [0, 0.1) is 11.3 Å². The summed E-state index contributed by atoms with van der Waals surface area (Å²) in [5.74, 6) is 0. The second-order valence-corrected chi connectivity index (χ2v) is 9.66. The first-order valence-electron chi connectivity index (χ1n) is 12.8. The van der Waals surface area contributed by atoms with Crippen molar-refractivity contribution in [1.82, 2.24) is 19.2 Å². The highest BCUT2D eigenvalue weighted by molar-refractivity contribution is 5.88. The second kappa shape index (κ2) is 10.6. The lowest BCUT2D eigenvalue weighted by Gasteiger charge is -2.50. The quantitative estimate of drug-likeness (QED) is 0.438. The summed E-state index contributed by atoms with van der Waals surface area (Å²) in [5, 5.41) is 13.8. The number of aryl methyl sites for hydroxylation is 1. The molecule has 7 nitrogen and oxygen atoms in total. The molecule has 4 rings (SSSR count). The van der Waals surface area contributed by atoms with E-state index in [0.29, 0.717) is 24.1 Å². The van der Waals surface area contributed by atoms with Gasteiger partial charge in [-0.25, -0.2) is 0 Å². The molecule has 37 heavy (non-hydrogen) atoms. The van der Waals surface area contributed by atoms with Crippen LogP contribution in [-0.4, -0.2) is 44.4 Å². The molecule has 0 amide bonds. The monoisotopic (exact) mass is 514 g/mol. The zero-order chi connectivity index (χ0) is 26.9. The third kappa shape index (κ3) is 5.10. The van der Waals surface area contributed by atoms with E-state index < -0.39 is 11.7 Å². The number of aromatic nitrogens is 3. The minimum atomic E-state index is -4.36. The predicted octanol–water partition coefficient (Wildman–Crippen LogP) is 5.11. The standard InChI is InChI=1S/C27H33F3N6O/c1-5-20-16-36(23-14-25(37)33(4)24-17-34(13-12-31)32-26(23)24)21(6-2)15-35(20)22(7-3)18-8-10-19(11-9-18)27(28,29)30/h8-11,14,17,20-22H,5-7,13,15-16H2,1-4H3/t20-,21+,22-/m1/s1. The van der Waals surface area contributed by atoms with Gasteiger partial charge in [0.15, 0.2) is 0 Å². The van der Waals surface area contributed by atoms with E-state index in [1.807, 2.05) is 0 Å². The molecule has 198 valence electrons. The van der Waals surface area contributed by atoms with E-state index in [2.05, 4.69) is 41.7 Å². The lowest BCUT2D eigenvalue weighted by molar-refractivity contribution is -0.137. The van der Waals surface area contributed by atoms with Crippen molar-refractivity contribution in [3.05, 3.63) is 58.0 Å². The summed E-state index contributed by atoms with van der Waals surface area (Å²) in [6.45, 7) is 7.76. The summed E-state index contributed by atoms with van der Waals surface area (Å²) in [5.41, 5.74) is 2.24. The Morgan fingerprint density at radius 2 is 1.78 bits per heavy atom. The fourth-order valence-electron chi connectivity index (χ4n) is 5.53. The van der Waals surface area contributed by atoms with E-state index in [0.717, 1.165) is 30.5 Å². The van der Waals surface area contributed by atoms with Gasteiger partial charge in [-0.2, -0.15) is 23.5 Å². The zero-order valence-electron chi connectivity index (χ0n) is 21.7. The Morgan fingerprint density at radius 3 is 2.35 bits per heavy atom. The number of fused-ring (bicyclic) bond motifs is 1. The lowest BCUT2D eigenvalue weighted by Crippen LogP contribution is -2.59. The van der Waals surface area contributed by atoms with Gasteiger partial charge in [0, 0.05) is 44.3 Å². The highest BCUT2D eigenvalue weighted by atomic mass is 19.4. The van der Waals surface area contributed by atoms with Crippen molar-refractivity contribution in [2.75, 3.05) is 18.0 Å². The van der Waals surface area contributed by atoms with Crippen LogP contribution < -0.4 is 10.5 Å². The van der Waals surface area contributed by atoms with Crippen LogP contribution in [0.2, 0.25) is 0 Å². The first-order valence-corrected chi connectivity index (χ1v) is 12.8. The van der Waals surface area contributed by atoms with Crippen molar-refractivity contribution in [2.45, 2.75) is 70.9 Å². The van der Waals surface area contributed by atoms with Gasteiger partial charge in [0.2, 0.25) is 0 Å². The first-order chi connectivity index (χ1) is 17.6. The van der Waals surface area contributed by atoms with Gasteiger partial charge in [-0.05, 0) is 37.0 Å². The molecule has 2 aromatic heterocycles. The molecule has 1 fully saturated rings. The van der Waals surface area contributed by atoms with Crippen LogP contribution in [0.4, 0.5) is 18.9 Å². The van der Waals surface area contributed by atoms with Gasteiger partial charge in [-0.3, -0.25) is 14.4 Å². The topological polar surface area (TPSA) is 70.1 Å². The van der Waals surface area contributed by atoms with Gasteiger partial charge in [0.25, 0.3) is 5.56 Å². The van der Waals surface area contributed by atoms with Crippen molar-refractivity contribution in [3.63, 3.8) is 0 Å². The molecule has 3 atom stereocenters. The van der Waals surface area contributed by atoms with Crippen molar-refractivity contribution in [2.24, 2.45) is 7.05 Å². The van der Waals surface area contributed by atoms with E-state index in [-0.39, 0.29) is 30.2 Å². The Morgan fingerprint density at radius 1 is 1.11 bits per heavy atom. The van der Waals surface area contributed by atoms with Crippen LogP contribution in [0.15, 0.2) is 41.3 Å². The molecule has 10 heteroatoms. The molecule has 0 bridgehead atoms. The largest absolute Gasteiger partial charge is 0.416 e. The number of alkyl halides is 3. The Bertz CT molecular complexity index is 1340. The molecular formula is C27H33F3N6O. The number of anilines is 1. The summed E-state index contributed by atoms with van der Waals surface area (Å²) in [7, 11) is 1.70. The Hall–Kier alpha value is -3.32. The number of halogens is 3. The van der Waals surface area contributed by atoms with Crippen LogP contribution >= 0.6 is 0 Å². The maximum atomic E-state index is 13.1. The summed E-state index contributed by atoms with van der Waals surface area (Å²) in [6, 6.07) is 9.47. The summed E-state index contributed by atoms with van der Waals surface area (Å²) >= 11 is 0. The van der Waals surface area contributed by atoms with E-state index in [1.165, 1.54) is 12.1 Å². The van der Waals surface area contributed by atoms with E-state index in [9.17, 15) is 18.0 Å². The molecule has 3 aromatic rings. The molecule has 0 unspecified atom stereocenters. The predicted molar refractivity (Wildman–Crippen MR) is 137 cm³/mol. The molecule has 0 spiro atoms. The SMILES string of the molecule is CC[C@H]1CN([C@H](CC)c2ccc(C(F)(F)F)cc2)[C@H](CC)CN1c1cc(=O)n(C)c2cn(CC#N)nc12. The van der Waals surface area contributed by atoms with Crippen LogP contribution in [0.3, 0.4) is 0 Å². The van der Waals surface area contributed by atoms with Gasteiger partial charge in [-0.1, -0.05) is 32.9 Å². The maximum absolute atomic E-state index is 13.1. The van der Waals surface area contributed by atoms with E-state index >= 15 is 0 Å². The average molecular weight is 515 g/mol. The number of benzene rings is 1. The van der Waals surface area contributed by atoms with Crippen molar-refractivity contribution in [1.29, 1.82) is 5.26 Å². The second-order valence-electron chi connectivity index (χ2n) is 9.66. The third-order valence-electron chi connectivity index (χ3n) is 7.57. The summed E-state index contributed by atoms with van der Waals surface area (Å²) in [6.07, 6.45) is -0.182. The van der Waals surface area contributed by atoms with Gasteiger partial charge in [0.05, 0.1) is 29.0 Å². The number of nitrogens with zero attached hydrogens (tertiary/aromatic N) is 6. The van der Waals surface area contributed by atoms with Crippen molar-refractivity contribution < 1.29 is 13.2 Å². The fraction of sp³-hybridized carbons (Fsp3) is 0.519. The zero-order valence-corrected chi connectivity index (χ0v) is 21.7. The number of hydrogen-bond donors (Lipinski definition) is 0. The Balaban J connectivity index is 1.70. The first kappa shape index (κ1) is 26.7. The molecule has 0 radical (unpaired) electrons. The van der Waals surface area contributed by atoms with Crippen LogP contribution in [-0.2, 0) is 19.8 Å². The molecule has 1 aliphatic heterocycles. The van der Waals surface area contributed by atoms with Gasteiger partial charge in [0.1, 0.15) is 12.1 Å². The normalized spacial score (nSPS) is 19.8. The smallest absolute Gasteiger partial charge is 0.364 e. The Kier molecular flexibility index (Phi) is 7.64. The van der Waals surface area contributed by atoms with Crippen LogP contribution in [0.1, 0.15) is 57.2 Å². The molecule has 1 aliphatic rings. The highest BCUT2D eigenvalue weighted by Gasteiger charge is 2.37. The molecule has 1 saturated heterocycles. The number of hydrogen-bond acceptors (Lipinski definition) is 5. The fourth-order valence-corrected chi connectivity index (χ4v) is 5.53. The van der Waals surface area contributed by atoms with Gasteiger partial charge in [-0.15, -0.1) is 0 Å². The molecule has 1 aromatic carbocycles. The third-order valence-corrected chi connectivity index (χ3v) is 7.57. The lowest BCUT2D eigenvalue weighted by atomic mass is 9.94. The number of pyridine rings is 1. The van der Waals surface area contributed by atoms with Crippen molar-refractivity contribution in [3.8, 4) is 6.07 Å². The minimum absolute atomic E-state index is 0.0121. The van der Waals surface area contributed by atoms with Gasteiger partial charge < -0.3 is 9.47 Å². The molecule has 0 aliphatic carbocycles. The van der Waals surface area contributed by atoms with Crippen LogP contribution in [0.25, 0.3) is 11.0 Å². The number of piperazine rings is 1. The van der Waals surface area contributed by atoms with Crippen molar-refractivity contribution >= 4 is 16.7 Å². The summed E-state index contributed by atoms with van der Waals surface area (Å²) < 4.78 is 42.5. The maximum Gasteiger partial charge on any atom is 0.416 e. The van der Waals surface area contributed by atoms with E-state index in [1.54, 1.807) is 40.7 Å². The minimum Gasteiger partial charge on any atom is -0.364 e. The molecule has 0 saturated carbocycles. The Labute approximate surface area is 214 Å². The van der Waals surface area contributed by atoms with Crippen LogP contribution in [0.5, 0.6) is 0 Å². The number of rotatable bonds is 7. The van der Waals surface area contributed by atoms with Gasteiger partial charge >= 0.3 is 6.18 Å². The molecule has 3 heterocycles. The molecular weight excluding hydrogens is 481 g/mol. The number of nitriles is 1. The average Bonchev–Trinajstić information content (AvgIpc) is 3.30. The van der Waals surface area contributed by atoms with E-state index in [4.69, 9.17) is 5.26 Å². The molecule has 0 N–H and O–H groups in total. The highest BCUT2D eigenvalue weighted by Crippen LogP contribution is 2.37.